The molecule has 1 heterocycles. The minimum absolute atomic E-state index is 0.594. The van der Waals surface area contributed by atoms with E-state index in [1.54, 1.807) is 0 Å². The molecule has 0 bridgehead atoms. The molecule has 1 aliphatic rings. The molecule has 3 unspecified atom stereocenters. The predicted molar refractivity (Wildman–Crippen MR) is 89.4 cm³/mol. The lowest BCUT2D eigenvalue weighted by Crippen LogP contribution is -2.26. The van der Waals surface area contributed by atoms with Gasteiger partial charge in [0.2, 0.25) is 0 Å². The molecule has 1 aromatic heterocycles. The van der Waals surface area contributed by atoms with Crippen LogP contribution in [0.15, 0.2) is 18.2 Å². The second-order valence-electron chi connectivity index (χ2n) is 6.86. The minimum atomic E-state index is 0.594. The summed E-state index contributed by atoms with van der Waals surface area (Å²) in [6, 6.07) is 6.77. The van der Waals surface area contributed by atoms with Crippen molar-refractivity contribution in [3.63, 3.8) is 0 Å². The molecule has 0 radical (unpaired) electrons. The lowest BCUT2D eigenvalue weighted by Gasteiger charge is -2.35. The van der Waals surface area contributed by atoms with Gasteiger partial charge in [0.1, 0.15) is 5.82 Å². The summed E-state index contributed by atoms with van der Waals surface area (Å²) >= 11 is 0. The molecular weight excluding hydrogens is 258 g/mol. The molecule has 1 fully saturated rings. The Hall–Kier alpha value is -1.51. The van der Waals surface area contributed by atoms with Gasteiger partial charge in [-0.2, -0.15) is 0 Å². The van der Waals surface area contributed by atoms with Crippen molar-refractivity contribution in [2.75, 3.05) is 5.73 Å². The Kier molecular flexibility index (Phi) is 3.92. The number of imidazole rings is 1. The second-order valence-corrected chi connectivity index (χ2v) is 6.86. The van der Waals surface area contributed by atoms with Gasteiger partial charge in [0.15, 0.2) is 0 Å². The molecular formula is C18H27N3. The van der Waals surface area contributed by atoms with Crippen LogP contribution < -0.4 is 5.73 Å². The Morgan fingerprint density at radius 2 is 2.10 bits per heavy atom. The highest BCUT2D eigenvalue weighted by atomic mass is 15.1. The minimum Gasteiger partial charge on any atom is -0.399 e. The van der Waals surface area contributed by atoms with Crippen LogP contribution in [0.4, 0.5) is 5.69 Å². The van der Waals surface area contributed by atoms with E-state index in [0.717, 1.165) is 35.9 Å². The third-order valence-electron chi connectivity index (χ3n) is 4.98. The lowest BCUT2D eigenvalue weighted by atomic mass is 9.79. The first-order valence-corrected chi connectivity index (χ1v) is 8.36. The molecule has 1 saturated carbocycles. The summed E-state index contributed by atoms with van der Waals surface area (Å²) in [5.74, 6) is 2.82. The standard InChI is InChI=1S/C18H27N3/c1-4-5-18-20-15-11-14(19)7-9-17(15)21(18)16-8-6-12(2)10-13(16)3/h7,9,11-13,16H,4-6,8,10,19H2,1-3H3. The van der Waals surface area contributed by atoms with Gasteiger partial charge in [0.05, 0.1) is 11.0 Å². The van der Waals surface area contributed by atoms with E-state index in [2.05, 4.69) is 31.4 Å². The molecule has 3 rings (SSSR count). The number of nitrogens with two attached hydrogens (primary N) is 1. The van der Waals surface area contributed by atoms with E-state index < -0.39 is 0 Å². The zero-order valence-electron chi connectivity index (χ0n) is 13.5. The summed E-state index contributed by atoms with van der Waals surface area (Å²) in [4.78, 5) is 4.87. The fourth-order valence-electron chi connectivity index (χ4n) is 3.97. The van der Waals surface area contributed by atoms with Crippen LogP contribution in [0.3, 0.4) is 0 Å². The molecule has 21 heavy (non-hydrogen) atoms. The number of hydrogen-bond acceptors (Lipinski definition) is 2. The van der Waals surface area contributed by atoms with Crippen LogP contribution in [0.1, 0.15) is 58.3 Å². The van der Waals surface area contributed by atoms with Crippen LogP contribution in [-0.4, -0.2) is 9.55 Å². The zero-order chi connectivity index (χ0) is 15.0. The third-order valence-corrected chi connectivity index (χ3v) is 4.98. The number of hydrogen-bond donors (Lipinski definition) is 1. The Morgan fingerprint density at radius 3 is 2.81 bits per heavy atom. The highest BCUT2D eigenvalue weighted by Crippen LogP contribution is 2.39. The molecule has 0 spiro atoms. The van der Waals surface area contributed by atoms with Crippen molar-refractivity contribution in [2.45, 2.75) is 58.9 Å². The first-order valence-electron chi connectivity index (χ1n) is 8.36. The Labute approximate surface area is 127 Å². The largest absolute Gasteiger partial charge is 0.399 e. The van der Waals surface area contributed by atoms with E-state index in [1.807, 2.05) is 12.1 Å². The Morgan fingerprint density at radius 1 is 1.29 bits per heavy atom. The van der Waals surface area contributed by atoms with Crippen LogP contribution >= 0.6 is 0 Å². The number of aromatic nitrogens is 2. The number of nitrogen functional groups attached to an aromatic ring is 1. The molecule has 2 N–H and O–H groups in total. The van der Waals surface area contributed by atoms with E-state index in [9.17, 15) is 0 Å². The normalized spacial score (nSPS) is 26.3. The van der Waals surface area contributed by atoms with Crippen molar-refractivity contribution < 1.29 is 0 Å². The van der Waals surface area contributed by atoms with Crippen LogP contribution in [0, 0.1) is 11.8 Å². The lowest BCUT2D eigenvalue weighted by molar-refractivity contribution is 0.208. The van der Waals surface area contributed by atoms with Gasteiger partial charge in [0.25, 0.3) is 0 Å². The van der Waals surface area contributed by atoms with Gasteiger partial charge < -0.3 is 10.3 Å². The van der Waals surface area contributed by atoms with Gasteiger partial charge in [-0.05, 0) is 55.7 Å². The number of rotatable bonds is 3. The number of benzene rings is 1. The highest BCUT2D eigenvalue weighted by Gasteiger charge is 2.29. The summed E-state index contributed by atoms with van der Waals surface area (Å²) < 4.78 is 2.52. The Balaban J connectivity index is 2.08. The van der Waals surface area contributed by atoms with Gasteiger partial charge in [-0.25, -0.2) is 4.98 Å². The van der Waals surface area contributed by atoms with E-state index in [-0.39, 0.29) is 0 Å². The van der Waals surface area contributed by atoms with Crippen molar-refractivity contribution in [1.29, 1.82) is 0 Å². The van der Waals surface area contributed by atoms with Gasteiger partial charge in [-0.15, -0.1) is 0 Å². The van der Waals surface area contributed by atoms with Crippen LogP contribution in [-0.2, 0) is 6.42 Å². The maximum absolute atomic E-state index is 5.93. The van der Waals surface area contributed by atoms with E-state index in [1.165, 1.54) is 30.6 Å². The van der Waals surface area contributed by atoms with Gasteiger partial charge in [-0.3, -0.25) is 0 Å². The fraction of sp³-hybridized carbons (Fsp3) is 0.611. The SMILES string of the molecule is CCCc1nc2cc(N)ccc2n1C1CCC(C)CC1C. The molecule has 3 nitrogen and oxygen atoms in total. The monoisotopic (exact) mass is 285 g/mol. The smallest absolute Gasteiger partial charge is 0.110 e. The topological polar surface area (TPSA) is 43.8 Å². The summed E-state index contributed by atoms with van der Waals surface area (Å²) in [5, 5.41) is 0. The third kappa shape index (κ3) is 2.66. The first kappa shape index (κ1) is 14.4. The van der Waals surface area contributed by atoms with Crippen LogP contribution in [0.25, 0.3) is 11.0 Å². The van der Waals surface area contributed by atoms with E-state index >= 15 is 0 Å². The molecule has 1 aromatic carbocycles. The molecule has 0 amide bonds. The number of anilines is 1. The highest BCUT2D eigenvalue weighted by molar-refractivity contribution is 5.79. The fourth-order valence-corrected chi connectivity index (χ4v) is 3.97. The van der Waals surface area contributed by atoms with Gasteiger partial charge >= 0.3 is 0 Å². The molecule has 0 saturated heterocycles. The quantitative estimate of drug-likeness (QED) is 0.840. The molecule has 1 aliphatic carbocycles. The van der Waals surface area contributed by atoms with Gasteiger partial charge in [0, 0.05) is 18.2 Å². The van der Waals surface area contributed by atoms with Crippen LogP contribution in [0.5, 0.6) is 0 Å². The summed E-state index contributed by atoms with van der Waals surface area (Å²) in [6.07, 6.45) is 6.11. The van der Waals surface area contributed by atoms with Crippen molar-refractivity contribution >= 4 is 16.7 Å². The maximum Gasteiger partial charge on any atom is 0.110 e. The van der Waals surface area contributed by atoms with Crippen LogP contribution in [0.2, 0.25) is 0 Å². The Bertz CT molecular complexity index is 629. The maximum atomic E-state index is 5.93. The van der Waals surface area contributed by atoms with Gasteiger partial charge in [-0.1, -0.05) is 20.8 Å². The summed E-state index contributed by atoms with van der Waals surface area (Å²) in [6.45, 7) is 7.01. The average Bonchev–Trinajstić information content (AvgIpc) is 2.76. The average molecular weight is 285 g/mol. The molecule has 0 aliphatic heterocycles. The predicted octanol–water partition coefficient (Wildman–Crippen LogP) is 4.57. The summed E-state index contributed by atoms with van der Waals surface area (Å²) in [7, 11) is 0. The van der Waals surface area contributed by atoms with Crippen molar-refractivity contribution in [3.05, 3.63) is 24.0 Å². The molecule has 2 aromatic rings. The first-order chi connectivity index (χ1) is 10.1. The number of nitrogens with zero attached hydrogens (tertiary/aromatic N) is 2. The van der Waals surface area contributed by atoms with E-state index in [0.29, 0.717) is 6.04 Å². The zero-order valence-corrected chi connectivity index (χ0v) is 13.5. The summed E-state index contributed by atoms with van der Waals surface area (Å²) in [5.41, 5.74) is 9.06. The molecule has 3 atom stereocenters. The second kappa shape index (κ2) is 5.70. The number of fused-ring (bicyclic) bond motifs is 1. The van der Waals surface area contributed by atoms with Crippen molar-refractivity contribution in [3.8, 4) is 0 Å². The van der Waals surface area contributed by atoms with Crippen molar-refractivity contribution in [2.24, 2.45) is 11.8 Å². The van der Waals surface area contributed by atoms with Crippen molar-refractivity contribution in [1.82, 2.24) is 9.55 Å². The van der Waals surface area contributed by atoms with E-state index in [4.69, 9.17) is 10.7 Å². The molecule has 114 valence electrons. The number of aryl methyl sites for hydroxylation is 1. The molecule has 3 heteroatoms.